The zero-order valence-corrected chi connectivity index (χ0v) is 7.78. The topological polar surface area (TPSA) is 74.6 Å². The van der Waals surface area contributed by atoms with Crippen molar-refractivity contribution in [2.24, 2.45) is 0 Å². The normalized spacial score (nSPS) is 8.29. The molecule has 39 valence electrons. The number of hydrogen-bond donors (Lipinski definition) is 2. The van der Waals surface area contributed by atoms with E-state index in [1.54, 1.807) is 0 Å². The van der Waals surface area contributed by atoms with Gasteiger partial charge in [-0.05, 0) is 0 Å². The zero-order chi connectivity index (χ0) is 4.50. The number of rotatable bonds is 0. The first kappa shape index (κ1) is 15.8. The van der Waals surface area contributed by atoms with Crippen molar-refractivity contribution in [3.63, 3.8) is 0 Å². The van der Waals surface area contributed by atoms with Gasteiger partial charge in [-0.15, -0.1) is 0 Å². The molecule has 0 aromatic carbocycles. The van der Waals surface area contributed by atoms with Gasteiger partial charge in [0.15, 0.2) is 0 Å². The molecule has 0 bridgehead atoms. The van der Waals surface area contributed by atoms with Crippen LogP contribution in [0.5, 0.6) is 0 Å². The average Bonchev–Trinajstić information content (AvgIpc) is 0.722. The van der Waals surface area contributed by atoms with Crippen molar-refractivity contribution in [3.8, 4) is 0 Å². The van der Waals surface area contributed by atoms with E-state index in [1.165, 1.54) is 0 Å². The van der Waals surface area contributed by atoms with Crippen molar-refractivity contribution in [1.82, 2.24) is 0 Å². The van der Waals surface area contributed by atoms with Crippen molar-refractivity contribution in [1.29, 1.82) is 0 Å². The average molecular weight is 173 g/mol. The van der Waals surface area contributed by atoms with E-state index in [9.17, 15) is 0 Å². The fraction of sp³-hybridized carbons (Fsp3) is 0. The Morgan fingerprint density at radius 1 is 1.29 bits per heavy atom. The number of hydrogen-bond acceptors (Lipinski definition) is 2. The largest absolute Gasteiger partial charge is 1.00 e. The summed E-state index contributed by atoms with van der Waals surface area (Å²) in [4.78, 5) is 0. The summed E-state index contributed by atoms with van der Waals surface area (Å²) in [5.41, 5.74) is 0. The molecule has 2 N–H and O–H groups in total. The Balaban J connectivity index is -0.0000000267. The standard InChI is InChI=1S/Na.H2O4S.V.H/c;1-5(2,3)4;;/h;(H2,1,2,3,4);;/q+1;;;-1. The molecule has 0 rings (SSSR count). The van der Waals surface area contributed by atoms with E-state index in [2.05, 4.69) is 0 Å². The first-order chi connectivity index (χ1) is 2.00. The molecule has 0 fully saturated rings. The molecule has 0 saturated carbocycles. The molecule has 4 nitrogen and oxygen atoms in total. The van der Waals surface area contributed by atoms with Crippen LogP contribution < -0.4 is 29.6 Å². The van der Waals surface area contributed by atoms with Gasteiger partial charge in [0.1, 0.15) is 0 Å². The fourth-order valence-electron chi connectivity index (χ4n) is 0. The van der Waals surface area contributed by atoms with Crippen molar-refractivity contribution in [2.45, 2.75) is 0 Å². The van der Waals surface area contributed by atoms with E-state index in [0.29, 0.717) is 0 Å². The van der Waals surface area contributed by atoms with Gasteiger partial charge < -0.3 is 1.43 Å². The second-order valence-corrected chi connectivity index (χ2v) is 1.34. The summed E-state index contributed by atoms with van der Waals surface area (Å²) in [6, 6.07) is 0. The molecule has 1 radical (unpaired) electrons. The smallest absolute Gasteiger partial charge is 1.00 e. The molecule has 0 unspecified atom stereocenters. The summed E-state index contributed by atoms with van der Waals surface area (Å²) in [5, 5.41) is 0. The van der Waals surface area contributed by atoms with E-state index in [0.717, 1.165) is 0 Å². The molecule has 0 atom stereocenters. The Bertz CT molecular complexity index is 99.2. The van der Waals surface area contributed by atoms with E-state index in [4.69, 9.17) is 17.5 Å². The second-order valence-electron chi connectivity index (χ2n) is 0.448. The fourth-order valence-corrected chi connectivity index (χ4v) is 0. The summed E-state index contributed by atoms with van der Waals surface area (Å²) in [6.45, 7) is 0. The molecule has 7 heavy (non-hydrogen) atoms. The Kier molecular flexibility index (Phi) is 12.6. The minimum atomic E-state index is -4.67. The van der Waals surface area contributed by atoms with Crippen LogP contribution in [0.15, 0.2) is 0 Å². The molecule has 0 saturated heterocycles. The minimum Gasteiger partial charge on any atom is -1.00 e. The molecule has 0 aromatic rings. The van der Waals surface area contributed by atoms with Gasteiger partial charge in [0.2, 0.25) is 0 Å². The van der Waals surface area contributed by atoms with E-state index in [-0.39, 0.29) is 49.5 Å². The van der Waals surface area contributed by atoms with Crippen molar-refractivity contribution < 1.29 is 67.1 Å². The predicted octanol–water partition coefficient (Wildman–Crippen LogP) is -3.54. The molecule has 0 aliphatic carbocycles. The monoisotopic (exact) mass is 173 g/mol. The second kappa shape index (κ2) is 5.59. The van der Waals surface area contributed by atoms with Crippen LogP contribution in [0.4, 0.5) is 0 Å². The third-order valence-corrected chi connectivity index (χ3v) is 0. The maximum absolute atomic E-state index is 8.74. The van der Waals surface area contributed by atoms with Crippen molar-refractivity contribution >= 4 is 10.4 Å². The van der Waals surface area contributed by atoms with Gasteiger partial charge in [0.05, 0.1) is 0 Å². The Labute approximate surface area is 76.9 Å². The van der Waals surface area contributed by atoms with Crippen LogP contribution in [0, 0.1) is 0 Å². The van der Waals surface area contributed by atoms with Crippen LogP contribution in [0.2, 0.25) is 0 Å². The van der Waals surface area contributed by atoms with Gasteiger partial charge in [-0.1, -0.05) is 0 Å². The molecule has 0 spiro atoms. The summed E-state index contributed by atoms with van der Waals surface area (Å²) < 4.78 is 31.6. The first-order valence-corrected chi connectivity index (χ1v) is 2.10. The zero-order valence-electron chi connectivity index (χ0n) is 4.57. The third-order valence-electron chi connectivity index (χ3n) is 0. The van der Waals surface area contributed by atoms with E-state index in [1.807, 2.05) is 0 Å². The van der Waals surface area contributed by atoms with Gasteiger partial charge in [-0.25, -0.2) is 0 Å². The SMILES string of the molecule is O=S(=O)(O)O.[H-].[Na+].[V]. The first-order valence-electron chi connectivity index (χ1n) is 0.698. The van der Waals surface area contributed by atoms with Crippen LogP contribution >= 0.6 is 0 Å². The summed E-state index contributed by atoms with van der Waals surface area (Å²) in [7, 11) is -4.67. The quantitative estimate of drug-likeness (QED) is 0.294. The third kappa shape index (κ3) is 105. The Morgan fingerprint density at radius 3 is 1.29 bits per heavy atom. The minimum absolute atomic E-state index is 0. The van der Waals surface area contributed by atoms with Crippen molar-refractivity contribution in [2.75, 3.05) is 0 Å². The van der Waals surface area contributed by atoms with Crippen LogP contribution in [0.25, 0.3) is 0 Å². The summed E-state index contributed by atoms with van der Waals surface area (Å²) in [5.74, 6) is 0. The maximum atomic E-state index is 8.74. The van der Waals surface area contributed by atoms with Gasteiger partial charge in [0, 0.05) is 18.6 Å². The summed E-state index contributed by atoms with van der Waals surface area (Å²) >= 11 is 0. The predicted molar refractivity (Wildman–Crippen MR) is 15.3 cm³/mol. The molecular formula is H3NaO4SV. The molecule has 0 aliphatic rings. The molecule has 0 amide bonds. The van der Waals surface area contributed by atoms with Crippen LogP contribution in [0.1, 0.15) is 1.43 Å². The van der Waals surface area contributed by atoms with Gasteiger partial charge >= 0.3 is 40.0 Å². The van der Waals surface area contributed by atoms with Crippen LogP contribution in [0.3, 0.4) is 0 Å². The van der Waals surface area contributed by atoms with E-state index < -0.39 is 10.4 Å². The summed E-state index contributed by atoms with van der Waals surface area (Å²) in [6.07, 6.45) is 0. The molecular weight excluding hydrogens is 170 g/mol. The van der Waals surface area contributed by atoms with Gasteiger partial charge in [-0.3, -0.25) is 9.11 Å². The molecule has 7 heteroatoms. The molecule has 0 aliphatic heterocycles. The Hall–Kier alpha value is 1.45. The van der Waals surface area contributed by atoms with Gasteiger partial charge in [0.25, 0.3) is 0 Å². The van der Waals surface area contributed by atoms with Crippen molar-refractivity contribution in [3.05, 3.63) is 0 Å². The Morgan fingerprint density at radius 2 is 1.29 bits per heavy atom. The maximum Gasteiger partial charge on any atom is 1.00 e. The van der Waals surface area contributed by atoms with E-state index >= 15 is 0 Å². The van der Waals surface area contributed by atoms with Gasteiger partial charge in [-0.2, -0.15) is 8.42 Å². The van der Waals surface area contributed by atoms with Crippen LogP contribution in [-0.2, 0) is 29.0 Å². The molecule has 0 aromatic heterocycles. The molecule has 0 heterocycles. The van der Waals surface area contributed by atoms with Crippen LogP contribution in [-0.4, -0.2) is 17.5 Å².